The normalized spacial score (nSPS) is 16.5. The molecule has 4 N–H and O–H groups in total. The van der Waals surface area contributed by atoms with E-state index in [1.54, 1.807) is 43.5 Å². The van der Waals surface area contributed by atoms with E-state index in [-0.39, 0.29) is 11.9 Å². The summed E-state index contributed by atoms with van der Waals surface area (Å²) in [5.74, 6) is 1.55. The van der Waals surface area contributed by atoms with Gasteiger partial charge in [-0.1, -0.05) is 18.2 Å². The highest BCUT2D eigenvalue weighted by atomic mass is 16.5. The van der Waals surface area contributed by atoms with Crippen LogP contribution in [0.4, 0.5) is 11.6 Å². The van der Waals surface area contributed by atoms with Gasteiger partial charge in [-0.05, 0) is 55.3 Å². The minimum atomic E-state index is -0.793. The first-order valence-corrected chi connectivity index (χ1v) is 12.0. The number of aliphatic hydroxyl groups excluding tert-OH is 1. The maximum Gasteiger partial charge on any atom is 0.258 e. The van der Waals surface area contributed by atoms with Crippen LogP contribution in [0.2, 0.25) is 0 Å². The van der Waals surface area contributed by atoms with Gasteiger partial charge in [-0.25, -0.2) is 4.98 Å². The van der Waals surface area contributed by atoms with Gasteiger partial charge in [0.15, 0.2) is 0 Å². The highest BCUT2D eigenvalue weighted by molar-refractivity contribution is 6.00. The van der Waals surface area contributed by atoms with E-state index in [1.807, 2.05) is 24.3 Å². The van der Waals surface area contributed by atoms with Crippen molar-refractivity contribution in [3.05, 3.63) is 65.4 Å². The number of hydrogen-bond donors (Lipinski definition) is 4. The van der Waals surface area contributed by atoms with Crippen LogP contribution in [0.15, 0.2) is 48.7 Å². The Bertz CT molecular complexity index is 1250. The van der Waals surface area contributed by atoms with Crippen molar-refractivity contribution in [3.63, 3.8) is 0 Å². The van der Waals surface area contributed by atoms with Crippen LogP contribution in [0.5, 0.6) is 17.4 Å². The first kappa shape index (κ1) is 24.0. The monoisotopic (exact) mass is 490 g/mol. The maximum absolute atomic E-state index is 12.5. The zero-order valence-corrected chi connectivity index (χ0v) is 20.3. The van der Waals surface area contributed by atoms with E-state index in [4.69, 9.17) is 9.47 Å². The molecule has 0 aliphatic carbocycles. The van der Waals surface area contributed by atoms with Gasteiger partial charge in [0.25, 0.3) is 5.91 Å². The molecule has 2 aromatic carbocycles. The quantitative estimate of drug-likeness (QED) is 0.353. The number of hydrogen-bond acceptors (Lipinski definition) is 9. The van der Waals surface area contributed by atoms with Crippen LogP contribution in [0.1, 0.15) is 40.6 Å². The number of aromatic nitrogens is 2. The van der Waals surface area contributed by atoms with E-state index in [9.17, 15) is 9.90 Å². The zero-order chi connectivity index (χ0) is 25.1. The molecule has 0 saturated carbocycles. The average Bonchev–Trinajstić information content (AvgIpc) is 3.19. The molecule has 1 aromatic heterocycles. The molecule has 10 heteroatoms. The van der Waals surface area contributed by atoms with Gasteiger partial charge in [0, 0.05) is 31.9 Å². The molecule has 36 heavy (non-hydrogen) atoms. The third-order valence-corrected chi connectivity index (χ3v) is 6.45. The Morgan fingerprint density at radius 2 is 2.00 bits per heavy atom. The van der Waals surface area contributed by atoms with Crippen molar-refractivity contribution in [1.29, 1.82) is 0 Å². The Balaban J connectivity index is 1.30. The molecule has 5 rings (SSSR count). The fourth-order valence-corrected chi connectivity index (χ4v) is 4.54. The predicted octanol–water partition coefficient (Wildman–Crippen LogP) is 2.94. The van der Waals surface area contributed by atoms with E-state index in [0.29, 0.717) is 46.7 Å². The van der Waals surface area contributed by atoms with E-state index in [1.165, 1.54) is 0 Å². The number of piperidine rings is 1. The number of methoxy groups -OCH3 is 1. The Morgan fingerprint density at radius 1 is 1.17 bits per heavy atom. The molecule has 0 radical (unpaired) electrons. The summed E-state index contributed by atoms with van der Waals surface area (Å²) in [5.41, 5.74) is 2.84. The summed E-state index contributed by atoms with van der Waals surface area (Å²) in [4.78, 5) is 22.9. The highest BCUT2D eigenvalue weighted by Gasteiger charge is 2.28. The lowest BCUT2D eigenvalue weighted by atomic mass is 10.1. The molecule has 1 amide bonds. The number of amides is 1. The van der Waals surface area contributed by atoms with E-state index < -0.39 is 6.23 Å². The third kappa shape index (κ3) is 5.11. The van der Waals surface area contributed by atoms with Crippen molar-refractivity contribution < 1.29 is 19.4 Å². The lowest BCUT2D eigenvalue weighted by Crippen LogP contribution is -2.41. The Labute approximate surface area is 209 Å². The van der Waals surface area contributed by atoms with Gasteiger partial charge >= 0.3 is 0 Å². The van der Waals surface area contributed by atoms with Gasteiger partial charge in [-0.15, -0.1) is 0 Å². The molecule has 1 saturated heterocycles. The topological polar surface area (TPSA) is 121 Å². The average molecular weight is 491 g/mol. The number of anilines is 2. The molecule has 2 aliphatic heterocycles. The number of benzene rings is 2. The van der Waals surface area contributed by atoms with Gasteiger partial charge in [0.2, 0.25) is 11.8 Å². The second-order valence-corrected chi connectivity index (χ2v) is 8.95. The van der Waals surface area contributed by atoms with Crippen LogP contribution < -0.4 is 25.4 Å². The lowest BCUT2D eigenvalue weighted by Gasteiger charge is -2.27. The summed E-state index contributed by atoms with van der Waals surface area (Å²) in [7, 11) is 3.33. The highest BCUT2D eigenvalue weighted by Crippen LogP contribution is 2.34. The Kier molecular flexibility index (Phi) is 6.99. The number of aliphatic hydroxyl groups is 1. The largest absolute Gasteiger partial charge is 0.495 e. The number of ether oxygens (including phenoxy) is 2. The van der Waals surface area contributed by atoms with Gasteiger partial charge in [0.1, 0.15) is 17.7 Å². The molecule has 2 aliphatic rings. The number of carbonyl (C=O) groups excluding carboxylic acids is 1. The van der Waals surface area contributed by atoms with Crippen molar-refractivity contribution in [3.8, 4) is 17.4 Å². The van der Waals surface area contributed by atoms with Crippen molar-refractivity contribution in [2.75, 3.05) is 32.6 Å². The summed E-state index contributed by atoms with van der Waals surface area (Å²) in [6, 6.07) is 12.9. The number of rotatable bonds is 8. The second kappa shape index (κ2) is 10.5. The number of nitrogens with zero attached hydrogens (tertiary/aromatic N) is 3. The summed E-state index contributed by atoms with van der Waals surface area (Å²) < 4.78 is 11.5. The lowest BCUT2D eigenvalue weighted by molar-refractivity contribution is 0.0814. The molecule has 3 heterocycles. The Morgan fingerprint density at radius 3 is 2.81 bits per heavy atom. The number of nitrogens with one attached hydrogen (secondary N) is 3. The van der Waals surface area contributed by atoms with Gasteiger partial charge in [0.05, 0.1) is 18.4 Å². The minimum absolute atomic E-state index is 0.0744. The molecular formula is C26H30N6O4. The summed E-state index contributed by atoms with van der Waals surface area (Å²) in [5, 5.41) is 20.4. The molecule has 0 bridgehead atoms. The molecule has 10 nitrogen and oxygen atoms in total. The van der Waals surface area contributed by atoms with Gasteiger partial charge < -0.3 is 30.1 Å². The third-order valence-electron chi connectivity index (χ3n) is 6.45. The fourth-order valence-electron chi connectivity index (χ4n) is 4.54. The standard InChI is InChI=1S/C26H30N6O4/c1-32-15-17-4-3-5-20(23(17)25(32)34)36-22-10-13-28-26(31-22)30-19-7-6-16(14-21(19)35-2)24(33)29-18-8-11-27-12-9-18/h3-7,10,13-14,18,24,27,29,33H,8-9,11-12,15H2,1-2H3,(H,28,30,31). The predicted molar refractivity (Wildman–Crippen MR) is 135 cm³/mol. The van der Waals surface area contributed by atoms with Crippen molar-refractivity contribution in [1.82, 2.24) is 25.5 Å². The molecule has 0 spiro atoms. The molecule has 1 fully saturated rings. The fraction of sp³-hybridized carbons (Fsp3) is 0.346. The van der Waals surface area contributed by atoms with Crippen molar-refractivity contribution in [2.45, 2.75) is 31.7 Å². The summed E-state index contributed by atoms with van der Waals surface area (Å²) in [6.07, 6.45) is 2.73. The van der Waals surface area contributed by atoms with Crippen LogP contribution in [-0.2, 0) is 6.54 Å². The molecule has 3 aromatic rings. The number of fused-ring (bicyclic) bond motifs is 1. The first-order valence-electron chi connectivity index (χ1n) is 12.0. The van der Waals surface area contributed by atoms with Crippen LogP contribution in [-0.4, -0.2) is 59.2 Å². The summed E-state index contributed by atoms with van der Waals surface area (Å²) in [6.45, 7) is 2.44. The van der Waals surface area contributed by atoms with Gasteiger partial charge in [-0.2, -0.15) is 4.98 Å². The Hall–Kier alpha value is -3.73. The van der Waals surface area contributed by atoms with Crippen molar-refractivity contribution >= 4 is 17.5 Å². The zero-order valence-electron chi connectivity index (χ0n) is 20.3. The molecule has 188 valence electrons. The van der Waals surface area contributed by atoms with Crippen LogP contribution in [0, 0.1) is 0 Å². The summed E-state index contributed by atoms with van der Waals surface area (Å²) >= 11 is 0. The second-order valence-electron chi connectivity index (χ2n) is 8.95. The molecule has 1 unspecified atom stereocenters. The van der Waals surface area contributed by atoms with E-state index in [0.717, 1.165) is 31.5 Å². The molecule has 1 atom stereocenters. The maximum atomic E-state index is 12.5. The SMILES string of the molecule is COc1cc(C(O)NC2CCNCC2)ccc1Nc1nccc(Oc2cccc3c2C(=O)N(C)C3)n1. The van der Waals surface area contributed by atoms with Crippen LogP contribution in [0.25, 0.3) is 0 Å². The van der Waals surface area contributed by atoms with Gasteiger partial charge in [-0.3, -0.25) is 10.1 Å². The minimum Gasteiger partial charge on any atom is -0.495 e. The van der Waals surface area contributed by atoms with Crippen LogP contribution >= 0.6 is 0 Å². The first-order chi connectivity index (χ1) is 17.5. The van der Waals surface area contributed by atoms with Crippen LogP contribution in [0.3, 0.4) is 0 Å². The molecular weight excluding hydrogens is 460 g/mol. The number of carbonyl (C=O) groups is 1. The smallest absolute Gasteiger partial charge is 0.258 e. The van der Waals surface area contributed by atoms with E-state index >= 15 is 0 Å². The van der Waals surface area contributed by atoms with E-state index in [2.05, 4.69) is 25.9 Å². The van der Waals surface area contributed by atoms with Crippen molar-refractivity contribution in [2.24, 2.45) is 0 Å².